The van der Waals surface area contributed by atoms with Crippen molar-refractivity contribution >= 4 is 33.2 Å². The number of nitrogens with zero attached hydrogens (tertiary/aromatic N) is 4. The van der Waals surface area contributed by atoms with Crippen LogP contribution in [-0.4, -0.2) is 40.8 Å². The van der Waals surface area contributed by atoms with Crippen LogP contribution in [0, 0.1) is 0 Å². The van der Waals surface area contributed by atoms with E-state index in [-0.39, 0.29) is 6.10 Å². The van der Waals surface area contributed by atoms with Gasteiger partial charge in [-0.1, -0.05) is 6.07 Å². The van der Waals surface area contributed by atoms with Crippen LogP contribution in [0.1, 0.15) is 35.8 Å². The number of anilines is 2. The number of nitrogens with one attached hydrogen (secondary N) is 1. The highest BCUT2D eigenvalue weighted by molar-refractivity contribution is 7.19. The van der Waals surface area contributed by atoms with Crippen molar-refractivity contribution in [2.75, 3.05) is 29.9 Å². The van der Waals surface area contributed by atoms with Crippen molar-refractivity contribution in [2.24, 2.45) is 0 Å². The second kappa shape index (κ2) is 7.64. The molecule has 1 aliphatic carbocycles. The SMILES string of the molecule is CC1CN(c2ccc(CNc3ncnc4sc5c(c34)CCCC5)cn2)CCO1. The molecule has 7 heteroatoms. The van der Waals surface area contributed by atoms with Crippen LogP contribution in [0.25, 0.3) is 10.2 Å². The monoisotopic (exact) mass is 395 g/mol. The number of hydrogen-bond acceptors (Lipinski definition) is 7. The summed E-state index contributed by atoms with van der Waals surface area (Å²) < 4.78 is 5.62. The number of aromatic nitrogens is 3. The molecule has 1 unspecified atom stereocenters. The van der Waals surface area contributed by atoms with Gasteiger partial charge in [-0.2, -0.15) is 0 Å². The van der Waals surface area contributed by atoms with E-state index < -0.39 is 0 Å². The van der Waals surface area contributed by atoms with Gasteiger partial charge in [0, 0.05) is 30.7 Å². The van der Waals surface area contributed by atoms with E-state index in [1.165, 1.54) is 35.1 Å². The zero-order chi connectivity index (χ0) is 18.9. The molecule has 0 spiro atoms. The highest BCUT2D eigenvalue weighted by Crippen LogP contribution is 2.38. The number of rotatable bonds is 4. The summed E-state index contributed by atoms with van der Waals surface area (Å²) in [5.74, 6) is 1.98. The van der Waals surface area contributed by atoms with Gasteiger partial charge in [0.2, 0.25) is 0 Å². The Kier molecular flexibility index (Phi) is 4.86. The van der Waals surface area contributed by atoms with E-state index in [1.54, 1.807) is 6.33 Å². The van der Waals surface area contributed by atoms with E-state index >= 15 is 0 Å². The lowest BCUT2D eigenvalue weighted by Gasteiger charge is -2.32. The fraction of sp³-hybridized carbons (Fsp3) is 0.476. The molecule has 0 amide bonds. The zero-order valence-electron chi connectivity index (χ0n) is 16.1. The van der Waals surface area contributed by atoms with Gasteiger partial charge < -0.3 is 15.0 Å². The second-order valence-corrected chi connectivity index (χ2v) is 8.70. The molecule has 0 saturated carbocycles. The molecule has 1 aliphatic heterocycles. The van der Waals surface area contributed by atoms with E-state index in [0.717, 1.165) is 48.1 Å². The van der Waals surface area contributed by atoms with Crippen LogP contribution in [0.2, 0.25) is 0 Å². The van der Waals surface area contributed by atoms with E-state index in [0.29, 0.717) is 6.54 Å². The summed E-state index contributed by atoms with van der Waals surface area (Å²) in [5, 5.41) is 4.76. The number of aryl methyl sites for hydroxylation is 2. The van der Waals surface area contributed by atoms with Crippen LogP contribution in [0.15, 0.2) is 24.7 Å². The standard InChI is InChI=1S/C21H25N5OS/c1-14-12-26(8-9-27-14)18-7-6-15(10-22-18)11-23-20-19-16-4-2-3-5-17(16)28-21(19)25-13-24-20/h6-7,10,13-14H,2-5,8-9,11-12H2,1H3,(H,23,24,25). The van der Waals surface area contributed by atoms with Crippen LogP contribution in [0.5, 0.6) is 0 Å². The summed E-state index contributed by atoms with van der Waals surface area (Å²) in [5.41, 5.74) is 2.62. The largest absolute Gasteiger partial charge is 0.375 e. The summed E-state index contributed by atoms with van der Waals surface area (Å²) in [6.45, 7) is 5.38. The third-order valence-corrected chi connectivity index (χ3v) is 6.79. The van der Waals surface area contributed by atoms with E-state index in [4.69, 9.17) is 4.74 Å². The average molecular weight is 396 g/mol. The second-order valence-electron chi connectivity index (χ2n) is 7.62. The topological polar surface area (TPSA) is 63.2 Å². The lowest BCUT2D eigenvalue weighted by atomic mass is 9.97. The summed E-state index contributed by atoms with van der Waals surface area (Å²) in [7, 11) is 0. The maximum Gasteiger partial charge on any atom is 0.138 e. The van der Waals surface area contributed by atoms with E-state index in [1.807, 2.05) is 17.5 Å². The number of thiophene rings is 1. The number of morpholine rings is 1. The summed E-state index contributed by atoms with van der Waals surface area (Å²) >= 11 is 1.83. The molecule has 2 aliphatic rings. The number of ether oxygens (including phenoxy) is 1. The molecule has 3 aromatic heterocycles. The van der Waals surface area contributed by atoms with Gasteiger partial charge in [-0.15, -0.1) is 11.3 Å². The molecule has 0 radical (unpaired) electrons. The van der Waals surface area contributed by atoms with Crippen molar-refractivity contribution in [1.29, 1.82) is 0 Å². The molecule has 3 aromatic rings. The Morgan fingerprint density at radius 2 is 2.14 bits per heavy atom. The first-order valence-electron chi connectivity index (χ1n) is 10.1. The van der Waals surface area contributed by atoms with Gasteiger partial charge in [0.15, 0.2) is 0 Å². The molecule has 146 valence electrons. The van der Waals surface area contributed by atoms with Gasteiger partial charge in [0.05, 0.1) is 18.1 Å². The van der Waals surface area contributed by atoms with Gasteiger partial charge in [-0.05, 0) is 49.8 Å². The Morgan fingerprint density at radius 3 is 3.00 bits per heavy atom. The Bertz CT molecular complexity index is 971. The molecular weight excluding hydrogens is 370 g/mol. The molecule has 28 heavy (non-hydrogen) atoms. The highest BCUT2D eigenvalue weighted by atomic mass is 32.1. The predicted octanol–water partition coefficient (Wildman–Crippen LogP) is 3.80. The third-order valence-electron chi connectivity index (χ3n) is 5.59. The van der Waals surface area contributed by atoms with Crippen LogP contribution in [0.4, 0.5) is 11.6 Å². The van der Waals surface area contributed by atoms with Crippen molar-refractivity contribution < 1.29 is 4.74 Å². The fourth-order valence-corrected chi connectivity index (χ4v) is 5.37. The maximum absolute atomic E-state index is 5.62. The third kappa shape index (κ3) is 3.44. The van der Waals surface area contributed by atoms with Crippen LogP contribution < -0.4 is 10.2 Å². The maximum atomic E-state index is 5.62. The minimum atomic E-state index is 0.258. The van der Waals surface area contributed by atoms with Crippen molar-refractivity contribution in [3.05, 3.63) is 40.7 Å². The minimum absolute atomic E-state index is 0.258. The molecule has 1 N–H and O–H groups in total. The Hall–Kier alpha value is -2.25. The Balaban J connectivity index is 1.32. The predicted molar refractivity (Wildman–Crippen MR) is 113 cm³/mol. The summed E-state index contributed by atoms with van der Waals surface area (Å²) in [4.78, 5) is 18.6. The lowest BCUT2D eigenvalue weighted by molar-refractivity contribution is 0.0529. The fourth-order valence-electron chi connectivity index (χ4n) is 4.14. The van der Waals surface area contributed by atoms with Crippen molar-refractivity contribution in [1.82, 2.24) is 15.0 Å². The van der Waals surface area contributed by atoms with Crippen molar-refractivity contribution in [3.8, 4) is 0 Å². The van der Waals surface area contributed by atoms with Gasteiger partial charge >= 0.3 is 0 Å². The van der Waals surface area contributed by atoms with Crippen molar-refractivity contribution in [3.63, 3.8) is 0 Å². The smallest absolute Gasteiger partial charge is 0.138 e. The molecular formula is C21H25N5OS. The molecule has 1 fully saturated rings. The van der Waals surface area contributed by atoms with Crippen LogP contribution in [-0.2, 0) is 24.1 Å². The van der Waals surface area contributed by atoms with Crippen molar-refractivity contribution in [2.45, 2.75) is 45.3 Å². The lowest BCUT2D eigenvalue weighted by Crippen LogP contribution is -2.41. The molecule has 4 heterocycles. The van der Waals surface area contributed by atoms with Gasteiger partial charge in [-0.25, -0.2) is 15.0 Å². The molecule has 1 atom stereocenters. The molecule has 5 rings (SSSR count). The molecule has 0 bridgehead atoms. The van der Waals surface area contributed by atoms with Gasteiger partial charge in [0.25, 0.3) is 0 Å². The first-order valence-corrected chi connectivity index (χ1v) is 10.9. The molecule has 6 nitrogen and oxygen atoms in total. The zero-order valence-corrected chi connectivity index (χ0v) is 17.0. The number of pyridine rings is 1. The highest BCUT2D eigenvalue weighted by Gasteiger charge is 2.20. The quantitative estimate of drug-likeness (QED) is 0.725. The number of fused-ring (bicyclic) bond motifs is 3. The van der Waals surface area contributed by atoms with Gasteiger partial charge in [0.1, 0.15) is 22.8 Å². The van der Waals surface area contributed by atoms with E-state index in [2.05, 4.69) is 44.2 Å². The minimum Gasteiger partial charge on any atom is -0.375 e. The number of hydrogen-bond donors (Lipinski definition) is 1. The van der Waals surface area contributed by atoms with Crippen LogP contribution >= 0.6 is 11.3 Å². The summed E-state index contributed by atoms with van der Waals surface area (Å²) in [6, 6.07) is 4.26. The van der Waals surface area contributed by atoms with Crippen LogP contribution in [0.3, 0.4) is 0 Å². The average Bonchev–Trinajstić information content (AvgIpc) is 3.12. The molecule has 1 saturated heterocycles. The first kappa shape index (κ1) is 17.8. The molecule has 0 aromatic carbocycles. The van der Waals surface area contributed by atoms with Gasteiger partial charge in [-0.3, -0.25) is 0 Å². The first-order chi connectivity index (χ1) is 13.8. The summed E-state index contributed by atoms with van der Waals surface area (Å²) in [6.07, 6.45) is 8.77. The normalized spacial score (nSPS) is 19.6. The van der Waals surface area contributed by atoms with E-state index in [9.17, 15) is 0 Å². The Morgan fingerprint density at radius 1 is 1.21 bits per heavy atom. The Labute approximate surface area is 169 Å².